The zero-order valence-corrected chi connectivity index (χ0v) is 18.4. The number of carbonyl (C=O) groups is 1. The first-order valence-electron chi connectivity index (χ1n) is 9.59. The highest BCUT2D eigenvalue weighted by Crippen LogP contribution is 2.28. The molecule has 0 atom stereocenters. The molecule has 1 amide bonds. The van der Waals surface area contributed by atoms with Crippen LogP contribution in [0.25, 0.3) is 0 Å². The van der Waals surface area contributed by atoms with Gasteiger partial charge >= 0.3 is 0 Å². The van der Waals surface area contributed by atoms with Gasteiger partial charge in [-0.15, -0.1) is 24.0 Å². The molecule has 1 aliphatic heterocycles. The Morgan fingerprint density at radius 1 is 1.18 bits per heavy atom. The molecule has 28 heavy (non-hydrogen) atoms. The van der Waals surface area contributed by atoms with Gasteiger partial charge in [0.25, 0.3) is 0 Å². The molecule has 1 aromatic carbocycles. The second-order valence-electron chi connectivity index (χ2n) is 6.87. The van der Waals surface area contributed by atoms with Crippen molar-refractivity contribution in [2.75, 3.05) is 50.7 Å². The van der Waals surface area contributed by atoms with E-state index in [2.05, 4.69) is 20.5 Å². The number of anilines is 1. The average Bonchev–Trinajstić information content (AvgIpc) is 3.51. The number of hydrogen-bond acceptors (Lipinski definition) is 3. The SMILES string of the molecule is CCNC(=NCCNC(=O)C1CC1)N1CCN(c2cc(F)ccc2F)CC1.I. The fourth-order valence-electron chi connectivity index (χ4n) is 3.14. The summed E-state index contributed by atoms with van der Waals surface area (Å²) in [6, 6.07) is 3.54. The van der Waals surface area contributed by atoms with E-state index in [0.717, 1.165) is 31.4 Å². The van der Waals surface area contributed by atoms with Crippen molar-refractivity contribution in [3.63, 3.8) is 0 Å². The number of guanidine groups is 1. The molecule has 2 N–H and O–H groups in total. The molecule has 1 aliphatic carbocycles. The van der Waals surface area contributed by atoms with Gasteiger partial charge in [0.2, 0.25) is 5.91 Å². The lowest BCUT2D eigenvalue weighted by Gasteiger charge is -2.37. The van der Waals surface area contributed by atoms with Crippen LogP contribution in [-0.2, 0) is 4.79 Å². The number of rotatable bonds is 6. The largest absolute Gasteiger partial charge is 0.366 e. The summed E-state index contributed by atoms with van der Waals surface area (Å²) >= 11 is 0. The smallest absolute Gasteiger partial charge is 0.223 e. The van der Waals surface area contributed by atoms with Crippen LogP contribution in [0.5, 0.6) is 0 Å². The van der Waals surface area contributed by atoms with Crippen molar-refractivity contribution in [2.24, 2.45) is 10.9 Å². The zero-order chi connectivity index (χ0) is 19.2. The molecule has 1 saturated carbocycles. The fourth-order valence-corrected chi connectivity index (χ4v) is 3.14. The predicted molar refractivity (Wildman–Crippen MR) is 117 cm³/mol. The highest BCUT2D eigenvalue weighted by molar-refractivity contribution is 14.0. The van der Waals surface area contributed by atoms with Crippen LogP contribution < -0.4 is 15.5 Å². The number of nitrogens with one attached hydrogen (secondary N) is 2. The minimum absolute atomic E-state index is 0. The summed E-state index contributed by atoms with van der Waals surface area (Å²) in [5.74, 6) is 0.283. The van der Waals surface area contributed by atoms with Gasteiger partial charge in [-0.1, -0.05) is 0 Å². The van der Waals surface area contributed by atoms with Gasteiger partial charge in [-0.2, -0.15) is 0 Å². The van der Waals surface area contributed by atoms with Crippen molar-refractivity contribution >= 4 is 41.5 Å². The van der Waals surface area contributed by atoms with Crippen LogP contribution in [0.2, 0.25) is 0 Å². The van der Waals surface area contributed by atoms with Gasteiger partial charge in [0.05, 0.1) is 12.2 Å². The molecule has 1 aromatic rings. The van der Waals surface area contributed by atoms with E-state index in [1.807, 2.05) is 11.8 Å². The normalized spacial score (nSPS) is 17.2. The number of aliphatic imine (C=N–C) groups is 1. The molecule has 156 valence electrons. The summed E-state index contributed by atoms with van der Waals surface area (Å²) in [4.78, 5) is 20.2. The second kappa shape index (κ2) is 10.8. The van der Waals surface area contributed by atoms with E-state index in [1.165, 1.54) is 12.1 Å². The van der Waals surface area contributed by atoms with E-state index in [9.17, 15) is 13.6 Å². The maximum atomic E-state index is 14.0. The third kappa shape index (κ3) is 6.18. The molecular formula is C19H28F2IN5O. The molecule has 1 heterocycles. The lowest BCUT2D eigenvalue weighted by atomic mass is 10.2. The van der Waals surface area contributed by atoms with Crippen LogP contribution in [0.4, 0.5) is 14.5 Å². The highest BCUT2D eigenvalue weighted by Gasteiger charge is 2.29. The van der Waals surface area contributed by atoms with E-state index >= 15 is 0 Å². The minimum atomic E-state index is -0.433. The second-order valence-corrected chi connectivity index (χ2v) is 6.87. The Kier molecular flexibility index (Phi) is 8.71. The van der Waals surface area contributed by atoms with Gasteiger partial charge in [-0.25, -0.2) is 8.78 Å². The number of carbonyl (C=O) groups excluding carboxylic acids is 1. The number of nitrogens with zero attached hydrogens (tertiary/aromatic N) is 3. The molecule has 6 nitrogen and oxygen atoms in total. The summed E-state index contributed by atoms with van der Waals surface area (Å²) in [5.41, 5.74) is 0.305. The topological polar surface area (TPSA) is 60.0 Å². The Morgan fingerprint density at radius 3 is 2.54 bits per heavy atom. The van der Waals surface area contributed by atoms with Crippen molar-refractivity contribution in [1.82, 2.24) is 15.5 Å². The molecule has 0 radical (unpaired) electrons. The van der Waals surface area contributed by atoms with Crippen LogP contribution >= 0.6 is 24.0 Å². The van der Waals surface area contributed by atoms with Crippen molar-refractivity contribution < 1.29 is 13.6 Å². The summed E-state index contributed by atoms with van der Waals surface area (Å²) < 4.78 is 27.4. The van der Waals surface area contributed by atoms with Gasteiger partial charge in [-0.3, -0.25) is 9.79 Å². The number of hydrogen-bond donors (Lipinski definition) is 2. The van der Waals surface area contributed by atoms with Crippen molar-refractivity contribution in [2.45, 2.75) is 19.8 Å². The van der Waals surface area contributed by atoms with Crippen molar-refractivity contribution in [3.8, 4) is 0 Å². The Bertz CT molecular complexity index is 691. The van der Waals surface area contributed by atoms with E-state index in [0.29, 0.717) is 45.0 Å². The van der Waals surface area contributed by atoms with Crippen LogP contribution in [0.15, 0.2) is 23.2 Å². The molecule has 0 unspecified atom stereocenters. The fraction of sp³-hybridized carbons (Fsp3) is 0.579. The average molecular weight is 507 g/mol. The first kappa shape index (κ1) is 22.6. The summed E-state index contributed by atoms with van der Waals surface area (Å²) in [7, 11) is 0. The lowest BCUT2D eigenvalue weighted by molar-refractivity contribution is -0.122. The molecule has 2 aliphatic rings. The Labute approximate surface area is 181 Å². The molecule has 0 spiro atoms. The Morgan fingerprint density at radius 2 is 1.89 bits per heavy atom. The minimum Gasteiger partial charge on any atom is -0.366 e. The zero-order valence-electron chi connectivity index (χ0n) is 16.1. The summed E-state index contributed by atoms with van der Waals surface area (Å²) in [6.45, 7) is 6.28. The van der Waals surface area contributed by atoms with Gasteiger partial charge < -0.3 is 20.4 Å². The molecular weight excluding hydrogens is 479 g/mol. The predicted octanol–water partition coefficient (Wildman–Crippen LogP) is 2.20. The summed E-state index contributed by atoms with van der Waals surface area (Å²) in [6.07, 6.45) is 1.99. The molecule has 0 bridgehead atoms. The maximum absolute atomic E-state index is 14.0. The van der Waals surface area contributed by atoms with E-state index in [4.69, 9.17) is 0 Å². The molecule has 3 rings (SSSR count). The van der Waals surface area contributed by atoms with Gasteiger partial charge in [0.15, 0.2) is 5.96 Å². The quantitative estimate of drug-likeness (QED) is 0.269. The number of amides is 1. The first-order valence-corrected chi connectivity index (χ1v) is 9.59. The van der Waals surface area contributed by atoms with Crippen LogP contribution in [0.3, 0.4) is 0 Å². The van der Waals surface area contributed by atoms with Gasteiger partial charge in [0, 0.05) is 51.3 Å². The highest BCUT2D eigenvalue weighted by atomic mass is 127. The molecule has 9 heteroatoms. The molecule has 1 saturated heterocycles. The number of benzene rings is 1. The third-order valence-corrected chi connectivity index (χ3v) is 4.78. The van der Waals surface area contributed by atoms with E-state index in [-0.39, 0.29) is 35.8 Å². The van der Waals surface area contributed by atoms with Crippen LogP contribution in [-0.4, -0.2) is 62.6 Å². The number of piperazine rings is 1. The van der Waals surface area contributed by atoms with E-state index < -0.39 is 11.6 Å². The molecule has 2 fully saturated rings. The Hall–Kier alpha value is -1.65. The first-order chi connectivity index (χ1) is 13.1. The number of halogens is 3. The van der Waals surface area contributed by atoms with Crippen molar-refractivity contribution in [3.05, 3.63) is 29.8 Å². The summed E-state index contributed by atoms with van der Waals surface area (Å²) in [5, 5.41) is 6.17. The molecule has 0 aromatic heterocycles. The van der Waals surface area contributed by atoms with E-state index in [1.54, 1.807) is 0 Å². The van der Waals surface area contributed by atoms with Crippen LogP contribution in [0.1, 0.15) is 19.8 Å². The monoisotopic (exact) mass is 507 g/mol. The maximum Gasteiger partial charge on any atom is 0.223 e. The Balaban J connectivity index is 0.00000280. The standard InChI is InChI=1S/C19H27F2N5O.HI/c1-2-22-19(24-8-7-23-18(27)14-3-4-14)26-11-9-25(10-12-26)17-13-15(20)5-6-16(17)21;/h5-6,13-14H,2-4,7-12H2,1H3,(H,22,24)(H,23,27);1H. The third-order valence-electron chi connectivity index (χ3n) is 4.78. The van der Waals surface area contributed by atoms with Gasteiger partial charge in [0.1, 0.15) is 11.6 Å². The van der Waals surface area contributed by atoms with Crippen molar-refractivity contribution in [1.29, 1.82) is 0 Å². The van der Waals surface area contributed by atoms with Gasteiger partial charge in [-0.05, 0) is 31.9 Å². The lowest BCUT2D eigenvalue weighted by Crippen LogP contribution is -2.53. The van der Waals surface area contributed by atoms with Crippen LogP contribution in [0, 0.1) is 17.6 Å².